The number of hydrogen-bond acceptors (Lipinski definition) is 3. The molecule has 4 nitrogen and oxygen atoms in total. The van der Waals surface area contributed by atoms with Gasteiger partial charge in [-0.2, -0.15) is 0 Å². The normalized spacial score (nSPS) is 24.6. The van der Waals surface area contributed by atoms with Gasteiger partial charge in [0.1, 0.15) is 0 Å². The SMILES string of the molecule is c1cn(CCN=C2NC3(CCCC3)CS2)cn1. The van der Waals surface area contributed by atoms with Crippen molar-refractivity contribution in [2.24, 2.45) is 4.99 Å². The second-order valence-electron chi connectivity index (χ2n) is 4.89. The number of aromatic nitrogens is 2. The predicted molar refractivity (Wildman–Crippen MR) is 71.3 cm³/mol. The standard InChI is InChI=1S/C12H18N4S/c1-2-4-12(3-1)9-17-11(15-12)14-6-8-16-7-5-13-10-16/h5,7,10H,1-4,6,8-9H2,(H,14,15). The van der Waals surface area contributed by atoms with Gasteiger partial charge in [0.25, 0.3) is 0 Å². The van der Waals surface area contributed by atoms with Crippen molar-refractivity contribution in [3.63, 3.8) is 0 Å². The zero-order valence-electron chi connectivity index (χ0n) is 9.93. The zero-order valence-corrected chi connectivity index (χ0v) is 10.7. The Morgan fingerprint density at radius 2 is 2.35 bits per heavy atom. The van der Waals surface area contributed by atoms with Gasteiger partial charge in [0.2, 0.25) is 0 Å². The van der Waals surface area contributed by atoms with E-state index >= 15 is 0 Å². The molecule has 1 aromatic rings. The quantitative estimate of drug-likeness (QED) is 0.890. The molecule has 1 spiro atoms. The van der Waals surface area contributed by atoms with E-state index in [1.54, 1.807) is 0 Å². The number of aliphatic imine (C=N–C) groups is 1. The monoisotopic (exact) mass is 250 g/mol. The number of imidazole rings is 1. The molecule has 0 bridgehead atoms. The highest BCUT2D eigenvalue weighted by Crippen LogP contribution is 2.37. The van der Waals surface area contributed by atoms with Crippen molar-refractivity contribution in [3.05, 3.63) is 18.7 Å². The van der Waals surface area contributed by atoms with E-state index in [-0.39, 0.29) is 0 Å². The zero-order chi connectivity index (χ0) is 11.6. The Labute approximate surface area is 106 Å². The highest BCUT2D eigenvalue weighted by Gasteiger charge is 2.39. The van der Waals surface area contributed by atoms with Crippen molar-refractivity contribution < 1.29 is 0 Å². The summed E-state index contributed by atoms with van der Waals surface area (Å²) in [5, 5.41) is 4.78. The number of nitrogens with zero attached hydrogens (tertiary/aromatic N) is 3. The molecular formula is C12H18N4S. The third-order valence-corrected chi connectivity index (χ3v) is 4.79. The predicted octanol–water partition coefficient (Wildman–Crippen LogP) is 1.89. The van der Waals surface area contributed by atoms with Crippen molar-refractivity contribution in [1.82, 2.24) is 14.9 Å². The van der Waals surface area contributed by atoms with Crippen LogP contribution in [0.4, 0.5) is 0 Å². The van der Waals surface area contributed by atoms with Gasteiger partial charge < -0.3 is 9.88 Å². The van der Waals surface area contributed by atoms with Crippen LogP contribution < -0.4 is 5.32 Å². The maximum absolute atomic E-state index is 4.64. The van der Waals surface area contributed by atoms with Gasteiger partial charge in [-0.15, -0.1) is 0 Å². The first kappa shape index (κ1) is 11.1. The molecule has 1 saturated heterocycles. The molecule has 0 unspecified atom stereocenters. The molecule has 0 aromatic carbocycles. The summed E-state index contributed by atoms with van der Waals surface area (Å²) in [6.07, 6.45) is 11.0. The van der Waals surface area contributed by atoms with Crippen LogP contribution in [0.1, 0.15) is 25.7 Å². The third kappa shape index (κ3) is 2.49. The lowest BCUT2D eigenvalue weighted by Gasteiger charge is -2.21. The molecule has 3 rings (SSSR count). The largest absolute Gasteiger partial charge is 0.359 e. The lowest BCUT2D eigenvalue weighted by Crippen LogP contribution is -2.40. The molecule has 1 N–H and O–H groups in total. The Morgan fingerprint density at radius 3 is 3.12 bits per heavy atom. The van der Waals surface area contributed by atoms with E-state index in [1.807, 2.05) is 30.5 Å². The van der Waals surface area contributed by atoms with Gasteiger partial charge in [-0.3, -0.25) is 4.99 Å². The van der Waals surface area contributed by atoms with Crippen LogP contribution in [0.25, 0.3) is 0 Å². The molecule has 2 fully saturated rings. The number of thioether (sulfide) groups is 1. The van der Waals surface area contributed by atoms with E-state index in [4.69, 9.17) is 0 Å². The summed E-state index contributed by atoms with van der Waals surface area (Å²) in [6.45, 7) is 1.75. The molecule has 1 saturated carbocycles. The minimum absolute atomic E-state index is 0.387. The lowest BCUT2D eigenvalue weighted by molar-refractivity contribution is 0.452. The Balaban J connectivity index is 1.52. The molecule has 92 valence electrons. The van der Waals surface area contributed by atoms with Crippen molar-refractivity contribution >= 4 is 16.9 Å². The molecule has 0 amide bonds. The summed E-state index contributed by atoms with van der Waals surface area (Å²) in [6, 6.07) is 0. The molecule has 0 radical (unpaired) electrons. The van der Waals surface area contributed by atoms with Crippen molar-refractivity contribution in [3.8, 4) is 0 Å². The van der Waals surface area contributed by atoms with Gasteiger partial charge in [-0.05, 0) is 12.8 Å². The van der Waals surface area contributed by atoms with E-state index in [0.29, 0.717) is 5.54 Å². The maximum atomic E-state index is 4.64. The Kier molecular flexibility index (Phi) is 3.09. The fourth-order valence-corrected chi connectivity index (χ4v) is 3.84. The van der Waals surface area contributed by atoms with E-state index < -0.39 is 0 Å². The molecule has 1 aliphatic heterocycles. The summed E-state index contributed by atoms with van der Waals surface area (Å²) in [4.78, 5) is 8.66. The topological polar surface area (TPSA) is 42.2 Å². The second kappa shape index (κ2) is 4.72. The van der Waals surface area contributed by atoms with Crippen molar-refractivity contribution in [1.29, 1.82) is 0 Å². The minimum Gasteiger partial charge on any atom is -0.359 e. The first-order chi connectivity index (χ1) is 8.36. The first-order valence-corrected chi connectivity index (χ1v) is 7.26. The number of amidine groups is 1. The van der Waals surface area contributed by atoms with Gasteiger partial charge in [-0.25, -0.2) is 4.98 Å². The van der Waals surface area contributed by atoms with Gasteiger partial charge >= 0.3 is 0 Å². The van der Waals surface area contributed by atoms with E-state index in [1.165, 1.54) is 31.4 Å². The van der Waals surface area contributed by atoms with Crippen LogP contribution in [0, 0.1) is 0 Å². The van der Waals surface area contributed by atoms with Gasteiger partial charge in [0, 0.05) is 30.2 Å². The Morgan fingerprint density at radius 1 is 1.47 bits per heavy atom. The van der Waals surface area contributed by atoms with Crippen molar-refractivity contribution in [2.45, 2.75) is 37.8 Å². The fraction of sp³-hybridized carbons (Fsp3) is 0.667. The molecule has 1 aromatic heterocycles. The van der Waals surface area contributed by atoms with E-state index in [0.717, 1.165) is 18.3 Å². The summed E-state index contributed by atoms with van der Waals surface area (Å²) >= 11 is 1.89. The van der Waals surface area contributed by atoms with Crippen molar-refractivity contribution in [2.75, 3.05) is 12.3 Å². The highest BCUT2D eigenvalue weighted by molar-refractivity contribution is 8.14. The molecule has 2 aliphatic rings. The Hall–Kier alpha value is -0.970. The number of hydrogen-bond donors (Lipinski definition) is 1. The Bertz CT molecular complexity index is 393. The first-order valence-electron chi connectivity index (χ1n) is 6.28. The van der Waals surface area contributed by atoms with Crippen LogP contribution in [-0.4, -0.2) is 32.6 Å². The molecule has 17 heavy (non-hydrogen) atoms. The van der Waals surface area contributed by atoms with Crippen LogP contribution in [-0.2, 0) is 6.54 Å². The van der Waals surface area contributed by atoms with Crippen LogP contribution in [0.15, 0.2) is 23.7 Å². The van der Waals surface area contributed by atoms with E-state index in [2.05, 4.69) is 19.9 Å². The van der Waals surface area contributed by atoms with Crippen LogP contribution in [0.3, 0.4) is 0 Å². The molecule has 0 atom stereocenters. The molecule has 5 heteroatoms. The number of rotatable bonds is 3. The van der Waals surface area contributed by atoms with Gasteiger partial charge in [0.15, 0.2) is 5.17 Å². The van der Waals surface area contributed by atoms with Crippen LogP contribution in [0.5, 0.6) is 0 Å². The smallest absolute Gasteiger partial charge is 0.157 e. The molecule has 2 heterocycles. The molecular weight excluding hydrogens is 232 g/mol. The van der Waals surface area contributed by atoms with Crippen LogP contribution >= 0.6 is 11.8 Å². The van der Waals surface area contributed by atoms with Gasteiger partial charge in [-0.1, -0.05) is 24.6 Å². The van der Waals surface area contributed by atoms with Gasteiger partial charge in [0.05, 0.1) is 12.9 Å². The summed E-state index contributed by atoms with van der Waals surface area (Å²) < 4.78 is 2.06. The number of nitrogens with one attached hydrogen (secondary N) is 1. The summed E-state index contributed by atoms with van der Waals surface area (Å²) in [5.74, 6) is 1.21. The maximum Gasteiger partial charge on any atom is 0.157 e. The van der Waals surface area contributed by atoms with Crippen LogP contribution in [0.2, 0.25) is 0 Å². The minimum atomic E-state index is 0.387. The second-order valence-corrected chi connectivity index (χ2v) is 5.85. The third-order valence-electron chi connectivity index (χ3n) is 3.59. The molecule has 1 aliphatic carbocycles. The summed E-state index contributed by atoms with van der Waals surface area (Å²) in [5.41, 5.74) is 0.387. The fourth-order valence-electron chi connectivity index (χ4n) is 2.60. The van der Waals surface area contributed by atoms with E-state index in [9.17, 15) is 0 Å². The lowest BCUT2D eigenvalue weighted by atomic mass is 10.0. The highest BCUT2D eigenvalue weighted by atomic mass is 32.2. The average molecular weight is 250 g/mol. The summed E-state index contributed by atoms with van der Waals surface area (Å²) in [7, 11) is 0. The average Bonchev–Trinajstić information content (AvgIpc) is 3.04.